The van der Waals surface area contributed by atoms with Crippen molar-refractivity contribution in [1.82, 2.24) is 15.1 Å². The molecule has 9 heteroatoms. The number of anilines is 1. The molecule has 172 valence electrons. The van der Waals surface area contributed by atoms with Crippen molar-refractivity contribution in [1.29, 1.82) is 0 Å². The molecular weight excluding hydrogens is 444 g/mol. The molecule has 0 radical (unpaired) electrons. The SMILES string of the molecule is CCOc1ccc([C@H]2c3c(C)nn(C)c3NC(=O)[C@@H]2NC(=O)c2ccc(Cl)cc2)cc1OC. The van der Waals surface area contributed by atoms with Gasteiger partial charge in [-0.25, -0.2) is 0 Å². The van der Waals surface area contributed by atoms with Gasteiger partial charge in [0.2, 0.25) is 5.91 Å². The molecule has 0 bridgehead atoms. The van der Waals surface area contributed by atoms with Crippen LogP contribution in [-0.2, 0) is 11.8 Å². The molecule has 1 aliphatic heterocycles. The van der Waals surface area contributed by atoms with Crippen LogP contribution in [0.1, 0.15) is 40.0 Å². The van der Waals surface area contributed by atoms with Crippen molar-refractivity contribution in [3.63, 3.8) is 0 Å². The molecular formula is C24H25ClN4O4. The third kappa shape index (κ3) is 4.26. The first-order valence-electron chi connectivity index (χ1n) is 10.6. The van der Waals surface area contributed by atoms with E-state index >= 15 is 0 Å². The maximum absolute atomic E-state index is 13.2. The number of nitrogens with zero attached hydrogens (tertiary/aromatic N) is 2. The minimum absolute atomic E-state index is 0.328. The molecule has 0 saturated carbocycles. The van der Waals surface area contributed by atoms with Gasteiger partial charge in [0.05, 0.1) is 19.4 Å². The lowest BCUT2D eigenvalue weighted by molar-refractivity contribution is -0.118. The van der Waals surface area contributed by atoms with E-state index in [2.05, 4.69) is 15.7 Å². The maximum atomic E-state index is 13.2. The molecule has 1 aromatic heterocycles. The highest BCUT2D eigenvalue weighted by Crippen LogP contribution is 2.41. The lowest BCUT2D eigenvalue weighted by atomic mass is 9.81. The van der Waals surface area contributed by atoms with Crippen LogP contribution < -0.4 is 20.1 Å². The molecule has 2 N–H and O–H groups in total. The summed E-state index contributed by atoms with van der Waals surface area (Å²) in [5, 5.41) is 10.8. The van der Waals surface area contributed by atoms with Crippen LogP contribution in [0.3, 0.4) is 0 Å². The number of nitrogens with one attached hydrogen (secondary N) is 2. The summed E-state index contributed by atoms with van der Waals surface area (Å²) < 4.78 is 12.8. The van der Waals surface area contributed by atoms with Gasteiger partial charge < -0.3 is 20.1 Å². The second-order valence-electron chi connectivity index (χ2n) is 7.74. The lowest BCUT2D eigenvalue weighted by Crippen LogP contribution is -2.50. The second-order valence-corrected chi connectivity index (χ2v) is 8.18. The molecule has 0 fully saturated rings. The van der Waals surface area contributed by atoms with Gasteiger partial charge in [-0.3, -0.25) is 14.3 Å². The summed E-state index contributed by atoms with van der Waals surface area (Å²) in [6, 6.07) is 11.2. The van der Waals surface area contributed by atoms with Crippen molar-refractivity contribution in [2.24, 2.45) is 7.05 Å². The topological polar surface area (TPSA) is 94.5 Å². The zero-order valence-corrected chi connectivity index (χ0v) is 19.6. The largest absolute Gasteiger partial charge is 0.493 e. The van der Waals surface area contributed by atoms with E-state index in [1.54, 1.807) is 43.1 Å². The quantitative estimate of drug-likeness (QED) is 0.575. The predicted octanol–water partition coefficient (Wildman–Crippen LogP) is 3.67. The molecule has 2 amide bonds. The summed E-state index contributed by atoms with van der Waals surface area (Å²) in [7, 11) is 3.34. The van der Waals surface area contributed by atoms with Crippen molar-refractivity contribution in [2.45, 2.75) is 25.8 Å². The first-order valence-corrected chi connectivity index (χ1v) is 10.9. The van der Waals surface area contributed by atoms with Crippen molar-refractivity contribution in [2.75, 3.05) is 19.0 Å². The van der Waals surface area contributed by atoms with Gasteiger partial charge in [0.25, 0.3) is 5.91 Å². The normalized spacial score (nSPS) is 17.2. The van der Waals surface area contributed by atoms with E-state index in [0.717, 1.165) is 16.8 Å². The average molecular weight is 469 g/mol. The monoisotopic (exact) mass is 468 g/mol. The van der Waals surface area contributed by atoms with Crippen LogP contribution in [0, 0.1) is 6.92 Å². The summed E-state index contributed by atoms with van der Waals surface area (Å²) in [6.07, 6.45) is 0. The van der Waals surface area contributed by atoms with Crippen LogP contribution >= 0.6 is 11.6 Å². The fourth-order valence-corrected chi connectivity index (χ4v) is 4.32. The van der Waals surface area contributed by atoms with Gasteiger partial charge in [-0.2, -0.15) is 5.10 Å². The Morgan fingerprint density at radius 3 is 2.61 bits per heavy atom. The van der Waals surface area contributed by atoms with Crippen molar-refractivity contribution < 1.29 is 19.1 Å². The zero-order chi connectivity index (χ0) is 23.7. The van der Waals surface area contributed by atoms with E-state index in [1.165, 1.54) is 0 Å². The first-order chi connectivity index (χ1) is 15.8. The maximum Gasteiger partial charge on any atom is 0.251 e. The van der Waals surface area contributed by atoms with Gasteiger partial charge in [0.1, 0.15) is 11.9 Å². The molecule has 4 rings (SSSR count). The summed E-state index contributed by atoms with van der Waals surface area (Å²) >= 11 is 5.95. The average Bonchev–Trinajstić information content (AvgIpc) is 3.08. The molecule has 33 heavy (non-hydrogen) atoms. The highest BCUT2D eigenvalue weighted by molar-refractivity contribution is 6.30. The Morgan fingerprint density at radius 2 is 1.94 bits per heavy atom. The second kappa shape index (κ2) is 9.15. The Hall–Kier alpha value is -3.52. The van der Waals surface area contributed by atoms with Gasteiger partial charge in [-0.15, -0.1) is 0 Å². The number of rotatable bonds is 6. The number of aryl methyl sites for hydroxylation is 2. The van der Waals surface area contributed by atoms with Crippen molar-refractivity contribution >= 4 is 29.2 Å². The van der Waals surface area contributed by atoms with Gasteiger partial charge in [-0.1, -0.05) is 17.7 Å². The number of ether oxygens (including phenoxy) is 2. The van der Waals surface area contributed by atoms with Gasteiger partial charge >= 0.3 is 0 Å². The van der Waals surface area contributed by atoms with Crippen LogP contribution in [0.4, 0.5) is 5.82 Å². The van der Waals surface area contributed by atoms with Crippen molar-refractivity contribution in [3.8, 4) is 11.5 Å². The molecule has 2 heterocycles. The Balaban J connectivity index is 1.79. The Kier molecular flexibility index (Phi) is 6.29. The highest BCUT2D eigenvalue weighted by Gasteiger charge is 2.41. The molecule has 0 saturated heterocycles. The fourth-order valence-electron chi connectivity index (χ4n) is 4.19. The summed E-state index contributed by atoms with van der Waals surface area (Å²) in [5.41, 5.74) is 2.80. The highest BCUT2D eigenvalue weighted by atomic mass is 35.5. The summed E-state index contributed by atoms with van der Waals surface area (Å²) in [6.45, 7) is 4.27. The minimum atomic E-state index is -0.869. The third-order valence-electron chi connectivity index (χ3n) is 5.68. The number of aromatic nitrogens is 2. The first kappa shape index (κ1) is 22.7. The summed E-state index contributed by atoms with van der Waals surface area (Å²) in [5.74, 6) is 0.570. The van der Waals surface area contributed by atoms with E-state index in [1.807, 2.05) is 32.0 Å². The van der Waals surface area contributed by atoms with Gasteiger partial charge in [0.15, 0.2) is 11.5 Å². The van der Waals surface area contributed by atoms with E-state index in [0.29, 0.717) is 34.5 Å². The zero-order valence-electron chi connectivity index (χ0n) is 18.8. The van der Waals surface area contributed by atoms with Crippen LogP contribution in [0.5, 0.6) is 11.5 Å². The minimum Gasteiger partial charge on any atom is -0.493 e. The van der Waals surface area contributed by atoms with Crippen LogP contribution in [0.15, 0.2) is 42.5 Å². The van der Waals surface area contributed by atoms with E-state index < -0.39 is 12.0 Å². The number of amides is 2. The number of hydrogen-bond acceptors (Lipinski definition) is 5. The van der Waals surface area contributed by atoms with Gasteiger partial charge in [0, 0.05) is 29.1 Å². The molecule has 0 unspecified atom stereocenters. The fraction of sp³-hybridized carbons (Fsp3) is 0.292. The number of hydrogen-bond donors (Lipinski definition) is 2. The summed E-state index contributed by atoms with van der Waals surface area (Å²) in [4.78, 5) is 26.2. The third-order valence-corrected chi connectivity index (χ3v) is 5.93. The number of carbonyl (C=O) groups is 2. The predicted molar refractivity (Wildman–Crippen MR) is 125 cm³/mol. The number of benzene rings is 2. The molecule has 8 nitrogen and oxygen atoms in total. The number of halogens is 1. The van der Waals surface area contributed by atoms with Gasteiger partial charge in [-0.05, 0) is 55.8 Å². The van der Waals surface area contributed by atoms with Crippen LogP contribution in [0.2, 0.25) is 5.02 Å². The number of carbonyl (C=O) groups excluding carboxylic acids is 2. The Morgan fingerprint density at radius 1 is 1.21 bits per heavy atom. The van der Waals surface area contributed by atoms with E-state index in [9.17, 15) is 9.59 Å². The molecule has 0 spiro atoms. The smallest absolute Gasteiger partial charge is 0.251 e. The standard InChI is InChI=1S/C24H25ClN4O4/c1-5-33-17-11-8-15(12-18(17)32-4)20-19-13(2)28-29(3)22(19)27-24(31)21(20)26-23(30)14-6-9-16(25)10-7-14/h6-12,20-21H,5H2,1-4H3,(H,26,30)(H,27,31)/t20-,21+/m0/s1. The number of methoxy groups -OCH3 is 1. The van der Waals surface area contributed by atoms with Crippen molar-refractivity contribution in [3.05, 3.63) is 69.9 Å². The Labute approximate surface area is 196 Å². The lowest BCUT2D eigenvalue weighted by Gasteiger charge is -2.33. The molecule has 2 aromatic carbocycles. The molecule has 2 atom stereocenters. The van der Waals surface area contributed by atoms with E-state index in [-0.39, 0.29) is 11.8 Å². The van der Waals surface area contributed by atoms with Crippen LogP contribution in [0.25, 0.3) is 0 Å². The number of fused-ring (bicyclic) bond motifs is 1. The molecule has 1 aliphatic rings. The van der Waals surface area contributed by atoms with E-state index in [4.69, 9.17) is 21.1 Å². The molecule has 0 aliphatic carbocycles. The van der Waals surface area contributed by atoms with Crippen LogP contribution in [-0.4, -0.2) is 41.4 Å². The Bertz CT molecular complexity index is 1210. The molecule has 3 aromatic rings.